The summed E-state index contributed by atoms with van der Waals surface area (Å²) < 4.78 is 5.52. The zero-order chi connectivity index (χ0) is 11.4. The predicted molar refractivity (Wildman–Crippen MR) is 63.9 cm³/mol. The van der Waals surface area contributed by atoms with Gasteiger partial charge in [0, 0.05) is 19.2 Å². The average Bonchev–Trinajstić information content (AvgIpc) is 2.11. The van der Waals surface area contributed by atoms with Crippen molar-refractivity contribution in [3.63, 3.8) is 0 Å². The second kappa shape index (κ2) is 5.33. The minimum Gasteiger partial charge on any atom is -0.478 e. The van der Waals surface area contributed by atoms with E-state index in [1.807, 2.05) is 13.8 Å². The van der Waals surface area contributed by atoms with Gasteiger partial charge >= 0.3 is 0 Å². The van der Waals surface area contributed by atoms with Gasteiger partial charge in [0.2, 0.25) is 0 Å². The first kappa shape index (κ1) is 12.3. The van der Waals surface area contributed by atoms with Crippen LogP contribution < -0.4 is 5.73 Å². The Kier molecular flexibility index (Phi) is 4.36. The monoisotopic (exact) mass is 228 g/mol. The second-order valence-electron chi connectivity index (χ2n) is 3.88. The van der Waals surface area contributed by atoms with E-state index in [0.29, 0.717) is 10.9 Å². The summed E-state index contributed by atoms with van der Waals surface area (Å²) in [7, 11) is 0. The number of hydrogen-bond donors (Lipinski definition) is 1. The number of aliphatic imine (C=N–C) groups is 1. The SMILES string of the molecule is C=C(C)/C(Cl)=C\N=C(/C)O[C@H]1C[C@H](N)C1. The van der Waals surface area contributed by atoms with Crippen LogP contribution in [0.25, 0.3) is 0 Å². The van der Waals surface area contributed by atoms with Gasteiger partial charge in [-0.3, -0.25) is 0 Å². The fourth-order valence-corrected chi connectivity index (χ4v) is 1.28. The first-order valence-electron chi connectivity index (χ1n) is 4.97. The molecule has 15 heavy (non-hydrogen) atoms. The molecule has 1 fully saturated rings. The van der Waals surface area contributed by atoms with Crippen LogP contribution in [-0.2, 0) is 4.74 Å². The van der Waals surface area contributed by atoms with Crippen molar-refractivity contribution < 1.29 is 4.74 Å². The van der Waals surface area contributed by atoms with E-state index in [4.69, 9.17) is 22.1 Å². The highest BCUT2D eigenvalue weighted by Crippen LogP contribution is 2.21. The molecule has 0 bridgehead atoms. The number of hydrogen-bond acceptors (Lipinski definition) is 3. The van der Waals surface area contributed by atoms with E-state index in [0.717, 1.165) is 18.4 Å². The molecule has 1 aliphatic rings. The Hall–Kier alpha value is -0.800. The first-order chi connectivity index (χ1) is 6.99. The summed E-state index contributed by atoms with van der Waals surface area (Å²) in [6.07, 6.45) is 3.59. The summed E-state index contributed by atoms with van der Waals surface area (Å²) >= 11 is 5.85. The molecule has 1 rings (SSSR count). The number of ether oxygens (including phenoxy) is 1. The van der Waals surface area contributed by atoms with Gasteiger partial charge < -0.3 is 10.5 Å². The Balaban J connectivity index is 2.39. The normalized spacial score (nSPS) is 27.2. The summed E-state index contributed by atoms with van der Waals surface area (Å²) in [5.41, 5.74) is 6.43. The topological polar surface area (TPSA) is 47.6 Å². The Morgan fingerprint density at radius 1 is 1.53 bits per heavy atom. The Morgan fingerprint density at radius 3 is 2.60 bits per heavy atom. The fraction of sp³-hybridized carbons (Fsp3) is 0.545. The molecular weight excluding hydrogens is 212 g/mol. The van der Waals surface area contributed by atoms with Gasteiger partial charge in [-0.25, -0.2) is 4.99 Å². The van der Waals surface area contributed by atoms with Crippen LogP contribution in [0.4, 0.5) is 0 Å². The average molecular weight is 229 g/mol. The molecule has 1 aliphatic carbocycles. The lowest BCUT2D eigenvalue weighted by molar-refractivity contribution is 0.0885. The summed E-state index contributed by atoms with van der Waals surface area (Å²) in [4.78, 5) is 4.09. The van der Waals surface area contributed by atoms with Gasteiger partial charge in [-0.2, -0.15) is 0 Å². The lowest BCUT2D eigenvalue weighted by Gasteiger charge is -2.32. The summed E-state index contributed by atoms with van der Waals surface area (Å²) in [6, 6.07) is 0.289. The minimum atomic E-state index is 0.223. The second-order valence-corrected chi connectivity index (χ2v) is 4.28. The number of nitrogens with zero attached hydrogens (tertiary/aromatic N) is 1. The van der Waals surface area contributed by atoms with Crippen molar-refractivity contribution in [3.8, 4) is 0 Å². The van der Waals surface area contributed by atoms with Gasteiger partial charge in [0.15, 0.2) is 5.90 Å². The molecule has 0 atom stereocenters. The third kappa shape index (κ3) is 4.06. The molecule has 1 saturated carbocycles. The van der Waals surface area contributed by atoms with E-state index in [1.54, 1.807) is 6.20 Å². The van der Waals surface area contributed by atoms with Crippen molar-refractivity contribution in [2.75, 3.05) is 0 Å². The van der Waals surface area contributed by atoms with E-state index >= 15 is 0 Å². The third-order valence-electron chi connectivity index (χ3n) is 2.24. The largest absolute Gasteiger partial charge is 0.478 e. The van der Waals surface area contributed by atoms with E-state index in [1.165, 1.54) is 0 Å². The number of halogens is 1. The lowest BCUT2D eigenvalue weighted by Crippen LogP contribution is -2.42. The molecule has 0 unspecified atom stereocenters. The molecule has 0 radical (unpaired) electrons. The molecule has 0 spiro atoms. The van der Waals surface area contributed by atoms with Crippen LogP contribution in [-0.4, -0.2) is 18.0 Å². The number of rotatable bonds is 3. The zero-order valence-electron chi connectivity index (χ0n) is 9.16. The minimum absolute atomic E-state index is 0.223. The lowest BCUT2D eigenvalue weighted by atomic mass is 9.90. The van der Waals surface area contributed by atoms with Crippen LogP contribution >= 0.6 is 11.6 Å². The molecular formula is C11H17ClN2O. The quantitative estimate of drug-likeness (QED) is 0.459. The van der Waals surface area contributed by atoms with Crippen LogP contribution in [0.15, 0.2) is 28.4 Å². The molecule has 0 saturated heterocycles. The van der Waals surface area contributed by atoms with Crippen molar-refractivity contribution in [3.05, 3.63) is 23.4 Å². The molecule has 4 heteroatoms. The molecule has 2 N–H and O–H groups in total. The van der Waals surface area contributed by atoms with Gasteiger partial charge in [0.25, 0.3) is 0 Å². The zero-order valence-corrected chi connectivity index (χ0v) is 9.92. The van der Waals surface area contributed by atoms with Crippen LogP contribution in [0, 0.1) is 0 Å². The van der Waals surface area contributed by atoms with Crippen LogP contribution in [0.1, 0.15) is 26.7 Å². The molecule has 84 valence electrons. The smallest absolute Gasteiger partial charge is 0.184 e. The Bertz CT molecular complexity index is 304. The van der Waals surface area contributed by atoms with Gasteiger partial charge in [0.1, 0.15) is 6.10 Å². The van der Waals surface area contributed by atoms with Crippen molar-refractivity contribution in [1.29, 1.82) is 0 Å². The van der Waals surface area contributed by atoms with Crippen molar-refractivity contribution in [2.24, 2.45) is 10.7 Å². The van der Waals surface area contributed by atoms with Gasteiger partial charge in [-0.05, 0) is 25.3 Å². The standard InChI is InChI=1S/C11H17ClN2O/c1-7(2)11(12)6-14-8(3)15-10-4-9(13)5-10/h6,9-10H,1,4-5,13H2,2-3H3/b11-6+,14-8+/t9-,10-. The molecule has 0 aromatic heterocycles. The van der Waals surface area contributed by atoms with Gasteiger partial charge in [-0.15, -0.1) is 0 Å². The maximum atomic E-state index is 5.85. The highest BCUT2D eigenvalue weighted by molar-refractivity contribution is 6.31. The third-order valence-corrected chi connectivity index (χ3v) is 2.66. The molecule has 0 aromatic rings. The van der Waals surface area contributed by atoms with Crippen LogP contribution in [0.3, 0.4) is 0 Å². The summed E-state index contributed by atoms with van der Waals surface area (Å²) in [5, 5.41) is 0.545. The highest BCUT2D eigenvalue weighted by Gasteiger charge is 2.27. The maximum absolute atomic E-state index is 5.85. The Morgan fingerprint density at radius 2 is 2.13 bits per heavy atom. The molecule has 0 amide bonds. The molecule has 3 nitrogen and oxygen atoms in total. The number of allylic oxidation sites excluding steroid dienone is 2. The Labute approximate surface area is 95.7 Å². The van der Waals surface area contributed by atoms with Crippen molar-refractivity contribution in [1.82, 2.24) is 0 Å². The number of nitrogens with two attached hydrogens (primary N) is 1. The summed E-state index contributed by atoms with van der Waals surface area (Å²) in [5.74, 6) is 0.617. The van der Waals surface area contributed by atoms with E-state index < -0.39 is 0 Å². The maximum Gasteiger partial charge on any atom is 0.184 e. The molecule has 0 aromatic carbocycles. The molecule has 0 heterocycles. The predicted octanol–water partition coefficient (Wildman–Crippen LogP) is 2.57. The van der Waals surface area contributed by atoms with E-state index in [-0.39, 0.29) is 12.1 Å². The van der Waals surface area contributed by atoms with Crippen molar-refractivity contribution >= 4 is 17.5 Å². The van der Waals surface area contributed by atoms with E-state index in [9.17, 15) is 0 Å². The molecule has 0 aliphatic heterocycles. The van der Waals surface area contributed by atoms with Crippen LogP contribution in [0.2, 0.25) is 0 Å². The highest BCUT2D eigenvalue weighted by atomic mass is 35.5. The van der Waals surface area contributed by atoms with Crippen molar-refractivity contribution in [2.45, 2.75) is 38.8 Å². The first-order valence-corrected chi connectivity index (χ1v) is 5.35. The fourth-order valence-electron chi connectivity index (χ4n) is 1.23. The van der Waals surface area contributed by atoms with Crippen LogP contribution in [0.5, 0.6) is 0 Å². The summed E-state index contributed by atoms with van der Waals surface area (Å²) in [6.45, 7) is 7.34. The van der Waals surface area contributed by atoms with Gasteiger partial charge in [-0.1, -0.05) is 18.2 Å². The van der Waals surface area contributed by atoms with E-state index in [2.05, 4.69) is 11.6 Å². The van der Waals surface area contributed by atoms with Gasteiger partial charge in [0.05, 0.1) is 5.03 Å².